The van der Waals surface area contributed by atoms with E-state index in [1.54, 1.807) is 0 Å². The topological polar surface area (TPSA) is 32.3 Å². The lowest BCUT2D eigenvalue weighted by Crippen LogP contribution is -2.05. The molecule has 0 fully saturated rings. The minimum Gasteiger partial charge on any atom is -0.395 e. The normalized spacial score (nSPS) is 9.92. The Kier molecular flexibility index (Phi) is 4.05. The van der Waals surface area contributed by atoms with Gasteiger partial charge in [0.05, 0.1) is 6.61 Å². The standard InChI is InChI=1S/C8H9Br2NO/c9-6-1-2-7(10)8(5-6)11-3-4-12/h1-2,5,11-12H,3-4H2. The molecular formula is C8H9Br2NO. The lowest BCUT2D eigenvalue weighted by Gasteiger charge is -2.06. The summed E-state index contributed by atoms with van der Waals surface area (Å²) in [5.41, 5.74) is 0.985. The summed E-state index contributed by atoms with van der Waals surface area (Å²) in [4.78, 5) is 0. The third-order valence-electron chi connectivity index (χ3n) is 1.36. The highest BCUT2D eigenvalue weighted by Crippen LogP contribution is 2.25. The van der Waals surface area contributed by atoms with Gasteiger partial charge in [-0.15, -0.1) is 0 Å². The molecule has 0 unspecified atom stereocenters. The zero-order valence-corrected chi connectivity index (χ0v) is 9.52. The minimum absolute atomic E-state index is 0.138. The predicted octanol–water partition coefficient (Wildman–Crippen LogP) is 2.62. The summed E-state index contributed by atoms with van der Waals surface area (Å²) in [6.45, 7) is 0.702. The van der Waals surface area contributed by atoms with E-state index in [0.29, 0.717) is 6.54 Å². The molecule has 0 saturated carbocycles. The van der Waals surface area contributed by atoms with Crippen molar-refractivity contribution in [3.05, 3.63) is 27.1 Å². The van der Waals surface area contributed by atoms with Crippen LogP contribution in [-0.2, 0) is 0 Å². The molecule has 12 heavy (non-hydrogen) atoms. The highest BCUT2D eigenvalue weighted by molar-refractivity contribution is 9.11. The van der Waals surface area contributed by atoms with E-state index in [1.807, 2.05) is 18.2 Å². The van der Waals surface area contributed by atoms with Crippen molar-refractivity contribution in [2.24, 2.45) is 0 Å². The fourth-order valence-electron chi connectivity index (χ4n) is 0.824. The Labute approximate surface area is 88.2 Å². The Morgan fingerprint density at radius 1 is 1.33 bits per heavy atom. The molecule has 66 valence electrons. The van der Waals surface area contributed by atoms with E-state index < -0.39 is 0 Å². The van der Waals surface area contributed by atoms with Gasteiger partial charge in [-0.1, -0.05) is 15.9 Å². The van der Waals surface area contributed by atoms with Crippen molar-refractivity contribution >= 4 is 37.5 Å². The van der Waals surface area contributed by atoms with Crippen LogP contribution in [0.2, 0.25) is 0 Å². The van der Waals surface area contributed by atoms with E-state index in [0.717, 1.165) is 14.6 Å². The summed E-state index contributed by atoms with van der Waals surface area (Å²) in [5, 5.41) is 11.7. The van der Waals surface area contributed by atoms with E-state index >= 15 is 0 Å². The number of halogens is 2. The van der Waals surface area contributed by atoms with Crippen molar-refractivity contribution in [1.29, 1.82) is 0 Å². The first kappa shape index (κ1) is 10.0. The zero-order chi connectivity index (χ0) is 8.97. The van der Waals surface area contributed by atoms with Crippen LogP contribution in [0.4, 0.5) is 5.69 Å². The van der Waals surface area contributed by atoms with E-state index in [9.17, 15) is 0 Å². The Morgan fingerprint density at radius 2 is 2.08 bits per heavy atom. The molecule has 0 aliphatic heterocycles. The molecule has 0 atom stereocenters. The Hall–Kier alpha value is -0.0600. The van der Waals surface area contributed by atoms with Crippen molar-refractivity contribution in [2.45, 2.75) is 0 Å². The molecular weight excluding hydrogens is 286 g/mol. The van der Waals surface area contributed by atoms with Gasteiger partial charge in [0.1, 0.15) is 0 Å². The van der Waals surface area contributed by atoms with Crippen LogP contribution in [0.3, 0.4) is 0 Å². The average molecular weight is 295 g/mol. The quantitative estimate of drug-likeness (QED) is 0.898. The largest absolute Gasteiger partial charge is 0.395 e. The molecule has 0 aromatic heterocycles. The predicted molar refractivity (Wildman–Crippen MR) is 57.4 cm³/mol. The number of aliphatic hydroxyl groups is 1. The second kappa shape index (κ2) is 4.84. The fourth-order valence-corrected chi connectivity index (χ4v) is 1.57. The lowest BCUT2D eigenvalue weighted by molar-refractivity contribution is 0.311. The van der Waals surface area contributed by atoms with Gasteiger partial charge in [-0.3, -0.25) is 0 Å². The first-order chi connectivity index (χ1) is 5.74. The molecule has 0 aliphatic rings. The van der Waals surface area contributed by atoms with Crippen molar-refractivity contribution in [2.75, 3.05) is 18.5 Å². The van der Waals surface area contributed by atoms with Crippen molar-refractivity contribution in [1.82, 2.24) is 0 Å². The van der Waals surface area contributed by atoms with Crippen molar-refractivity contribution in [3.8, 4) is 0 Å². The number of anilines is 1. The van der Waals surface area contributed by atoms with Crippen LogP contribution < -0.4 is 5.32 Å². The average Bonchev–Trinajstić information content (AvgIpc) is 2.07. The third kappa shape index (κ3) is 2.77. The number of nitrogens with one attached hydrogen (secondary N) is 1. The molecule has 0 saturated heterocycles. The van der Waals surface area contributed by atoms with E-state index in [2.05, 4.69) is 37.2 Å². The lowest BCUT2D eigenvalue weighted by atomic mass is 10.3. The van der Waals surface area contributed by atoms with E-state index in [4.69, 9.17) is 5.11 Å². The molecule has 4 heteroatoms. The van der Waals surface area contributed by atoms with Crippen LogP contribution >= 0.6 is 31.9 Å². The third-order valence-corrected chi connectivity index (χ3v) is 2.54. The molecule has 1 aromatic rings. The van der Waals surface area contributed by atoms with Crippen LogP contribution in [0.25, 0.3) is 0 Å². The van der Waals surface area contributed by atoms with Gasteiger partial charge in [-0.2, -0.15) is 0 Å². The first-order valence-electron chi connectivity index (χ1n) is 3.54. The summed E-state index contributed by atoms with van der Waals surface area (Å²) in [7, 11) is 0. The van der Waals surface area contributed by atoms with Gasteiger partial charge in [-0.05, 0) is 34.1 Å². The molecule has 2 nitrogen and oxygen atoms in total. The molecule has 0 amide bonds. The van der Waals surface area contributed by atoms with Gasteiger partial charge in [0.25, 0.3) is 0 Å². The van der Waals surface area contributed by atoms with Crippen LogP contribution in [-0.4, -0.2) is 18.3 Å². The van der Waals surface area contributed by atoms with Gasteiger partial charge >= 0.3 is 0 Å². The van der Waals surface area contributed by atoms with Gasteiger partial charge in [0.15, 0.2) is 0 Å². The van der Waals surface area contributed by atoms with Gasteiger partial charge in [0, 0.05) is 21.2 Å². The van der Waals surface area contributed by atoms with Gasteiger partial charge in [0.2, 0.25) is 0 Å². The molecule has 1 aromatic carbocycles. The zero-order valence-electron chi connectivity index (χ0n) is 6.35. The molecule has 0 aliphatic carbocycles. The number of hydrogen-bond donors (Lipinski definition) is 2. The molecule has 0 bridgehead atoms. The van der Waals surface area contributed by atoms with Gasteiger partial charge in [-0.25, -0.2) is 0 Å². The molecule has 0 radical (unpaired) electrons. The smallest absolute Gasteiger partial charge is 0.0604 e. The number of benzene rings is 1. The highest BCUT2D eigenvalue weighted by atomic mass is 79.9. The molecule has 0 spiro atoms. The molecule has 1 rings (SSSR count). The summed E-state index contributed by atoms with van der Waals surface area (Å²) in [6, 6.07) is 5.86. The Morgan fingerprint density at radius 3 is 2.75 bits per heavy atom. The minimum atomic E-state index is 0.138. The van der Waals surface area contributed by atoms with Crippen molar-refractivity contribution in [3.63, 3.8) is 0 Å². The number of rotatable bonds is 3. The second-order valence-electron chi connectivity index (χ2n) is 2.27. The fraction of sp³-hybridized carbons (Fsp3) is 0.250. The second-order valence-corrected chi connectivity index (χ2v) is 4.04. The number of aliphatic hydroxyl groups excluding tert-OH is 1. The monoisotopic (exact) mass is 293 g/mol. The maximum absolute atomic E-state index is 8.60. The maximum Gasteiger partial charge on any atom is 0.0604 e. The van der Waals surface area contributed by atoms with Crippen LogP contribution in [0.5, 0.6) is 0 Å². The summed E-state index contributed by atoms with van der Waals surface area (Å²) in [6.07, 6.45) is 0. The molecule has 0 heterocycles. The highest BCUT2D eigenvalue weighted by Gasteiger charge is 1.98. The number of hydrogen-bond acceptors (Lipinski definition) is 2. The maximum atomic E-state index is 8.60. The van der Waals surface area contributed by atoms with Crippen LogP contribution in [0, 0.1) is 0 Å². The van der Waals surface area contributed by atoms with Gasteiger partial charge < -0.3 is 10.4 Å². The Bertz CT molecular complexity index is 265. The Balaban J connectivity index is 2.75. The SMILES string of the molecule is OCCNc1cc(Br)ccc1Br. The summed E-state index contributed by atoms with van der Waals surface area (Å²) in [5.74, 6) is 0. The summed E-state index contributed by atoms with van der Waals surface area (Å²) < 4.78 is 2.02. The summed E-state index contributed by atoms with van der Waals surface area (Å²) >= 11 is 6.76. The molecule has 2 N–H and O–H groups in total. The van der Waals surface area contributed by atoms with Crippen LogP contribution in [0.1, 0.15) is 0 Å². The van der Waals surface area contributed by atoms with Crippen molar-refractivity contribution < 1.29 is 5.11 Å². The van der Waals surface area contributed by atoms with Crippen LogP contribution in [0.15, 0.2) is 27.1 Å². The van der Waals surface area contributed by atoms with E-state index in [1.165, 1.54) is 0 Å². The van der Waals surface area contributed by atoms with E-state index in [-0.39, 0.29) is 6.61 Å². The first-order valence-corrected chi connectivity index (χ1v) is 5.12.